The van der Waals surface area contributed by atoms with Crippen LogP contribution in [0.3, 0.4) is 0 Å². The number of thiazole rings is 1. The van der Waals surface area contributed by atoms with Gasteiger partial charge in [-0.3, -0.25) is 18.8 Å². The van der Waals surface area contributed by atoms with Crippen LogP contribution in [0.4, 0.5) is 0 Å². The molecule has 0 saturated heterocycles. The number of rotatable bonds is 5. The number of fused-ring (bicyclic) bond motifs is 1. The van der Waals surface area contributed by atoms with Crippen molar-refractivity contribution >= 4 is 28.2 Å². The number of hydrogen-bond donors (Lipinski definition) is 2. The molecule has 0 aliphatic heterocycles. The van der Waals surface area contributed by atoms with Crippen molar-refractivity contribution in [3.05, 3.63) is 68.1 Å². The molecule has 0 aliphatic carbocycles. The number of carbonyl (C=O) groups is 2. The molecule has 7 nitrogen and oxygen atoms in total. The minimum absolute atomic E-state index is 0.114. The van der Waals surface area contributed by atoms with Crippen LogP contribution in [0.15, 0.2) is 35.3 Å². The number of aromatic nitrogens is 2. The fourth-order valence-corrected chi connectivity index (χ4v) is 3.89. The second kappa shape index (κ2) is 7.32. The maximum Gasteiger partial charge on any atom is 0.305 e. The Labute approximate surface area is 159 Å². The zero-order chi connectivity index (χ0) is 19.7. The molecule has 1 unspecified atom stereocenters. The molecular formula is C19H19N3O4S. The van der Waals surface area contributed by atoms with Crippen molar-refractivity contribution in [2.24, 2.45) is 0 Å². The van der Waals surface area contributed by atoms with Crippen molar-refractivity contribution < 1.29 is 14.7 Å². The largest absolute Gasteiger partial charge is 0.481 e. The highest BCUT2D eigenvalue weighted by Crippen LogP contribution is 2.22. The predicted octanol–water partition coefficient (Wildman–Crippen LogP) is 2.63. The van der Waals surface area contributed by atoms with E-state index in [2.05, 4.69) is 10.3 Å². The Balaban J connectivity index is 1.99. The first-order valence-corrected chi connectivity index (χ1v) is 9.17. The van der Waals surface area contributed by atoms with Gasteiger partial charge < -0.3 is 10.4 Å². The number of aliphatic carboxylic acids is 1. The molecule has 140 valence electrons. The van der Waals surface area contributed by atoms with Crippen LogP contribution < -0.4 is 10.9 Å². The molecule has 1 amide bonds. The van der Waals surface area contributed by atoms with E-state index in [4.69, 9.17) is 0 Å². The van der Waals surface area contributed by atoms with E-state index in [1.807, 2.05) is 26.0 Å². The summed E-state index contributed by atoms with van der Waals surface area (Å²) in [4.78, 5) is 42.5. The monoisotopic (exact) mass is 385 g/mol. The van der Waals surface area contributed by atoms with Crippen LogP contribution in [-0.4, -0.2) is 26.4 Å². The zero-order valence-corrected chi connectivity index (χ0v) is 16.0. The second-order valence-corrected chi connectivity index (χ2v) is 7.50. The Morgan fingerprint density at radius 3 is 2.63 bits per heavy atom. The summed E-state index contributed by atoms with van der Waals surface area (Å²) in [5.41, 5.74) is 1.72. The van der Waals surface area contributed by atoms with Gasteiger partial charge in [-0.15, -0.1) is 11.3 Å². The van der Waals surface area contributed by atoms with Gasteiger partial charge >= 0.3 is 5.97 Å². The third kappa shape index (κ3) is 3.61. The molecule has 27 heavy (non-hydrogen) atoms. The summed E-state index contributed by atoms with van der Waals surface area (Å²) >= 11 is 1.38. The van der Waals surface area contributed by atoms with Gasteiger partial charge in [0.1, 0.15) is 5.56 Å². The lowest BCUT2D eigenvalue weighted by atomic mass is 9.98. The number of carboxylic acids is 1. The molecule has 8 heteroatoms. The molecule has 3 aromatic rings. The van der Waals surface area contributed by atoms with Gasteiger partial charge in [-0.1, -0.05) is 24.3 Å². The highest BCUT2D eigenvalue weighted by molar-refractivity contribution is 7.17. The van der Waals surface area contributed by atoms with E-state index in [1.165, 1.54) is 21.9 Å². The lowest BCUT2D eigenvalue weighted by Crippen LogP contribution is -2.35. The average molecular weight is 385 g/mol. The van der Waals surface area contributed by atoms with Gasteiger partial charge in [-0.05, 0) is 31.9 Å². The lowest BCUT2D eigenvalue weighted by molar-refractivity contribution is -0.137. The number of benzene rings is 1. The van der Waals surface area contributed by atoms with Gasteiger partial charge in [0.05, 0.1) is 12.5 Å². The van der Waals surface area contributed by atoms with Gasteiger partial charge in [0.2, 0.25) is 0 Å². The molecule has 0 spiro atoms. The smallest absolute Gasteiger partial charge is 0.305 e. The van der Waals surface area contributed by atoms with Crippen molar-refractivity contribution in [1.29, 1.82) is 0 Å². The first kappa shape index (κ1) is 18.8. The Hall–Kier alpha value is -3.00. The van der Waals surface area contributed by atoms with Crippen LogP contribution >= 0.6 is 11.3 Å². The summed E-state index contributed by atoms with van der Waals surface area (Å²) in [6.45, 7) is 5.52. The van der Waals surface area contributed by atoms with E-state index in [9.17, 15) is 19.5 Å². The van der Waals surface area contributed by atoms with E-state index < -0.39 is 23.5 Å². The number of carbonyl (C=O) groups excluding carboxylic acids is 1. The first-order valence-electron chi connectivity index (χ1n) is 8.35. The minimum atomic E-state index is -1.04. The van der Waals surface area contributed by atoms with Crippen LogP contribution in [-0.2, 0) is 4.79 Å². The van der Waals surface area contributed by atoms with E-state index in [0.717, 1.165) is 16.1 Å². The van der Waals surface area contributed by atoms with Gasteiger partial charge in [0, 0.05) is 16.8 Å². The fraction of sp³-hybridized carbons (Fsp3) is 0.263. The quantitative estimate of drug-likeness (QED) is 0.703. The predicted molar refractivity (Wildman–Crippen MR) is 102 cm³/mol. The molecule has 2 aromatic heterocycles. The van der Waals surface area contributed by atoms with Gasteiger partial charge in [0.15, 0.2) is 4.96 Å². The second-order valence-electron chi connectivity index (χ2n) is 6.32. The SMILES string of the molecule is Cc1ccccc1C(CC(=O)O)NC(=O)c1cnc2sc(C)c(C)n2c1=O. The normalized spacial score (nSPS) is 12.1. The zero-order valence-electron chi connectivity index (χ0n) is 15.1. The lowest BCUT2D eigenvalue weighted by Gasteiger charge is -2.19. The molecule has 2 N–H and O–H groups in total. The number of aryl methyl sites for hydroxylation is 3. The summed E-state index contributed by atoms with van der Waals surface area (Å²) < 4.78 is 1.41. The Kier molecular flexibility index (Phi) is 5.09. The molecule has 2 heterocycles. The van der Waals surface area contributed by atoms with E-state index in [-0.39, 0.29) is 12.0 Å². The maximum absolute atomic E-state index is 12.8. The summed E-state index contributed by atoms with van der Waals surface area (Å²) in [7, 11) is 0. The number of nitrogens with one attached hydrogen (secondary N) is 1. The number of amides is 1. The van der Waals surface area contributed by atoms with Crippen molar-refractivity contribution in [2.75, 3.05) is 0 Å². The molecule has 0 saturated carbocycles. The first-order chi connectivity index (χ1) is 12.8. The molecule has 0 bridgehead atoms. The van der Waals surface area contributed by atoms with Crippen LogP contribution in [0.5, 0.6) is 0 Å². The van der Waals surface area contributed by atoms with Crippen molar-refractivity contribution in [3.8, 4) is 0 Å². The molecule has 1 aromatic carbocycles. The Morgan fingerprint density at radius 2 is 1.96 bits per heavy atom. The summed E-state index contributed by atoms with van der Waals surface area (Å²) in [5, 5.41) is 11.9. The standard InChI is InChI=1S/C19H19N3O4S/c1-10-6-4-5-7-13(10)15(8-16(23)24)21-17(25)14-9-20-19-22(18(14)26)11(2)12(3)27-19/h4-7,9,15H,8H2,1-3H3,(H,21,25)(H,23,24). The molecule has 0 fully saturated rings. The van der Waals surface area contributed by atoms with Gasteiger partial charge in [0.25, 0.3) is 11.5 Å². The molecule has 1 atom stereocenters. The molecule has 0 aliphatic rings. The average Bonchev–Trinajstić information content (AvgIpc) is 2.89. The minimum Gasteiger partial charge on any atom is -0.481 e. The van der Waals surface area contributed by atoms with Crippen LogP contribution in [0.1, 0.15) is 44.5 Å². The number of carboxylic acid groups (broad SMARTS) is 1. The van der Waals surface area contributed by atoms with Crippen LogP contribution in [0.25, 0.3) is 4.96 Å². The van der Waals surface area contributed by atoms with Crippen molar-refractivity contribution in [2.45, 2.75) is 33.2 Å². The van der Waals surface area contributed by atoms with Crippen LogP contribution in [0, 0.1) is 20.8 Å². The van der Waals surface area contributed by atoms with Crippen molar-refractivity contribution in [3.63, 3.8) is 0 Å². The number of hydrogen-bond acceptors (Lipinski definition) is 5. The fourth-order valence-electron chi connectivity index (χ4n) is 2.96. The molecular weight excluding hydrogens is 366 g/mol. The van der Waals surface area contributed by atoms with Crippen molar-refractivity contribution in [1.82, 2.24) is 14.7 Å². The highest BCUT2D eigenvalue weighted by atomic mass is 32.1. The third-order valence-electron chi connectivity index (χ3n) is 4.51. The van der Waals surface area contributed by atoms with E-state index in [0.29, 0.717) is 10.5 Å². The van der Waals surface area contributed by atoms with Crippen LogP contribution in [0.2, 0.25) is 0 Å². The third-order valence-corrected chi connectivity index (χ3v) is 5.58. The Morgan fingerprint density at radius 1 is 1.26 bits per heavy atom. The van der Waals surface area contributed by atoms with E-state index in [1.54, 1.807) is 19.1 Å². The Bertz CT molecular complexity index is 1100. The summed E-state index contributed by atoms with van der Waals surface area (Å²) in [5.74, 6) is -1.68. The summed E-state index contributed by atoms with van der Waals surface area (Å²) in [6.07, 6.45) is 0.961. The summed E-state index contributed by atoms with van der Waals surface area (Å²) in [6, 6.07) is 6.48. The molecule has 3 rings (SSSR count). The molecule has 0 radical (unpaired) electrons. The van der Waals surface area contributed by atoms with Gasteiger partial charge in [-0.25, -0.2) is 4.98 Å². The van der Waals surface area contributed by atoms with Gasteiger partial charge in [-0.2, -0.15) is 0 Å². The maximum atomic E-state index is 12.8. The number of nitrogens with zero attached hydrogens (tertiary/aromatic N) is 2. The highest BCUT2D eigenvalue weighted by Gasteiger charge is 2.23. The van der Waals surface area contributed by atoms with E-state index >= 15 is 0 Å². The topological polar surface area (TPSA) is 101 Å².